The number of phenols is 1. The number of nitrogens with one attached hydrogen (secondary N) is 2. The van der Waals surface area contributed by atoms with Gasteiger partial charge in [-0.25, -0.2) is 4.79 Å². The minimum atomic E-state index is -0.857. The Morgan fingerprint density at radius 2 is 1.74 bits per heavy atom. The average Bonchev–Trinajstić information content (AvgIpc) is 3.57. The van der Waals surface area contributed by atoms with Crippen LogP contribution >= 0.6 is 0 Å². The highest BCUT2D eigenvalue weighted by Crippen LogP contribution is 2.36. The predicted octanol–water partition coefficient (Wildman–Crippen LogP) is 4.28. The normalized spacial score (nSPS) is 15.4. The Labute approximate surface area is 203 Å². The summed E-state index contributed by atoms with van der Waals surface area (Å²) in [5.41, 5.74) is -0.0801. The third-order valence-electron chi connectivity index (χ3n) is 5.61. The molecule has 1 aliphatic rings. The fraction of sp³-hybridized carbons (Fsp3) is 0.654. The van der Waals surface area contributed by atoms with Crippen molar-refractivity contribution in [3.63, 3.8) is 0 Å². The Balaban J connectivity index is 2.35. The van der Waals surface area contributed by atoms with Gasteiger partial charge in [-0.3, -0.25) is 9.59 Å². The van der Waals surface area contributed by atoms with E-state index in [0.717, 1.165) is 32.1 Å². The van der Waals surface area contributed by atoms with E-state index < -0.39 is 23.8 Å². The van der Waals surface area contributed by atoms with E-state index >= 15 is 0 Å². The smallest absolute Gasteiger partial charge is 0.408 e. The van der Waals surface area contributed by atoms with Gasteiger partial charge in [0, 0.05) is 12.6 Å². The molecule has 0 aliphatic heterocycles. The fourth-order valence-electron chi connectivity index (χ4n) is 3.76. The quantitative estimate of drug-likeness (QED) is 0.414. The summed E-state index contributed by atoms with van der Waals surface area (Å²) in [6.45, 7) is 11.6. The first kappa shape index (κ1) is 27.5. The number of hydrogen-bond donors (Lipinski definition) is 3. The Bertz CT molecular complexity index is 828. The van der Waals surface area contributed by atoms with Crippen molar-refractivity contribution in [2.24, 2.45) is 5.92 Å². The van der Waals surface area contributed by atoms with Crippen LogP contribution in [0.15, 0.2) is 24.3 Å². The van der Waals surface area contributed by atoms with Crippen LogP contribution in [-0.4, -0.2) is 52.1 Å². The molecule has 0 heterocycles. The van der Waals surface area contributed by atoms with Crippen LogP contribution in [0.3, 0.4) is 0 Å². The Kier molecular flexibility index (Phi) is 9.77. The van der Waals surface area contributed by atoms with Crippen molar-refractivity contribution in [2.75, 3.05) is 6.54 Å². The van der Waals surface area contributed by atoms with Crippen molar-refractivity contribution in [2.45, 2.75) is 97.4 Å². The predicted molar refractivity (Wildman–Crippen MR) is 131 cm³/mol. The van der Waals surface area contributed by atoms with Gasteiger partial charge in [-0.1, -0.05) is 45.7 Å². The highest BCUT2D eigenvalue weighted by molar-refractivity contribution is 5.92. The fourth-order valence-corrected chi connectivity index (χ4v) is 3.76. The summed E-state index contributed by atoms with van der Waals surface area (Å²) in [6, 6.07) is 4.57. The van der Waals surface area contributed by atoms with E-state index in [1.54, 1.807) is 37.8 Å². The summed E-state index contributed by atoms with van der Waals surface area (Å²) in [4.78, 5) is 41.4. The largest absolute Gasteiger partial charge is 0.508 e. The third kappa shape index (κ3) is 8.22. The number of unbranched alkanes of at least 4 members (excludes halogenated alkanes) is 2. The molecule has 2 unspecified atom stereocenters. The van der Waals surface area contributed by atoms with Crippen molar-refractivity contribution in [3.05, 3.63) is 29.8 Å². The summed E-state index contributed by atoms with van der Waals surface area (Å²) in [6.07, 6.45) is 3.82. The Hall–Kier alpha value is -2.77. The first-order valence-electron chi connectivity index (χ1n) is 12.3. The molecular formula is C26H41N3O5. The molecule has 190 valence electrons. The number of ether oxygens (including phenoxy) is 1. The highest BCUT2D eigenvalue weighted by Gasteiger charge is 2.44. The molecule has 0 aromatic heterocycles. The number of phenolic OH excluding ortho intramolecular Hbond substituents is 1. The zero-order valence-corrected chi connectivity index (χ0v) is 21.4. The summed E-state index contributed by atoms with van der Waals surface area (Å²) in [5.74, 6) is -0.705. The second-order valence-corrected chi connectivity index (χ2v) is 10.3. The maximum Gasteiger partial charge on any atom is 0.408 e. The molecule has 2 atom stereocenters. The van der Waals surface area contributed by atoms with Crippen LogP contribution in [0.25, 0.3) is 0 Å². The van der Waals surface area contributed by atoms with Crippen LogP contribution in [0.1, 0.15) is 85.3 Å². The average molecular weight is 476 g/mol. The molecule has 3 N–H and O–H groups in total. The summed E-state index contributed by atoms with van der Waals surface area (Å²) < 4.78 is 5.38. The van der Waals surface area contributed by atoms with Crippen LogP contribution in [0.4, 0.5) is 4.79 Å². The minimum absolute atomic E-state index is 0.0850. The van der Waals surface area contributed by atoms with Crippen LogP contribution in [0.5, 0.6) is 5.75 Å². The monoisotopic (exact) mass is 475 g/mol. The van der Waals surface area contributed by atoms with Crippen molar-refractivity contribution in [3.8, 4) is 5.75 Å². The lowest BCUT2D eigenvalue weighted by Gasteiger charge is -2.35. The number of nitrogens with zero attached hydrogens (tertiary/aromatic N) is 1. The van der Waals surface area contributed by atoms with Gasteiger partial charge in [-0.2, -0.15) is 0 Å². The summed E-state index contributed by atoms with van der Waals surface area (Å²) in [5, 5.41) is 15.5. The maximum absolute atomic E-state index is 13.9. The molecule has 0 bridgehead atoms. The Morgan fingerprint density at radius 3 is 2.24 bits per heavy atom. The van der Waals surface area contributed by atoms with Crippen molar-refractivity contribution in [1.29, 1.82) is 0 Å². The second-order valence-electron chi connectivity index (χ2n) is 10.3. The van der Waals surface area contributed by atoms with E-state index in [4.69, 9.17) is 4.74 Å². The van der Waals surface area contributed by atoms with E-state index in [1.807, 2.05) is 13.8 Å². The van der Waals surface area contributed by atoms with E-state index in [9.17, 15) is 19.5 Å². The zero-order valence-electron chi connectivity index (χ0n) is 21.4. The second kappa shape index (κ2) is 12.1. The number of aromatic hydroxyl groups is 1. The van der Waals surface area contributed by atoms with E-state index in [2.05, 4.69) is 17.6 Å². The molecule has 0 saturated heterocycles. The molecule has 2 rings (SSSR count). The minimum Gasteiger partial charge on any atom is -0.508 e. The van der Waals surface area contributed by atoms with E-state index in [0.29, 0.717) is 12.1 Å². The first-order valence-corrected chi connectivity index (χ1v) is 12.3. The molecule has 8 nitrogen and oxygen atoms in total. The molecule has 0 radical (unpaired) electrons. The number of benzene rings is 1. The van der Waals surface area contributed by atoms with Crippen LogP contribution in [-0.2, 0) is 14.3 Å². The van der Waals surface area contributed by atoms with Crippen LogP contribution in [0, 0.1) is 5.92 Å². The van der Waals surface area contributed by atoms with Gasteiger partial charge in [0.1, 0.15) is 23.4 Å². The Morgan fingerprint density at radius 1 is 1.12 bits per heavy atom. The van der Waals surface area contributed by atoms with Gasteiger partial charge in [0.05, 0.1) is 0 Å². The lowest BCUT2D eigenvalue weighted by molar-refractivity contribution is -0.144. The lowest BCUT2D eigenvalue weighted by Crippen LogP contribution is -2.55. The first-order chi connectivity index (χ1) is 15.9. The summed E-state index contributed by atoms with van der Waals surface area (Å²) in [7, 11) is 0. The van der Waals surface area contributed by atoms with Crippen LogP contribution < -0.4 is 10.6 Å². The van der Waals surface area contributed by atoms with Gasteiger partial charge in [0.15, 0.2) is 0 Å². The molecule has 8 heteroatoms. The number of carbonyl (C=O) groups is 3. The number of rotatable bonds is 11. The van der Waals surface area contributed by atoms with Gasteiger partial charge in [0.2, 0.25) is 11.8 Å². The molecule has 0 spiro atoms. The molecule has 1 fully saturated rings. The third-order valence-corrected chi connectivity index (χ3v) is 5.61. The SMILES string of the molecule is CCCCCNC(=O)C(c1ccc(O)cc1)N(C(=O)C(NC(=O)OC(C)(C)C)C(C)C)C1CC1. The van der Waals surface area contributed by atoms with Crippen LogP contribution in [0.2, 0.25) is 0 Å². The zero-order chi connectivity index (χ0) is 25.5. The van der Waals surface area contributed by atoms with Gasteiger partial charge < -0.3 is 25.4 Å². The molecular weight excluding hydrogens is 434 g/mol. The number of carbonyl (C=O) groups excluding carboxylic acids is 3. The number of alkyl carbamates (subject to hydrolysis) is 1. The lowest BCUT2D eigenvalue weighted by atomic mass is 9.98. The molecule has 1 aliphatic carbocycles. The van der Waals surface area contributed by atoms with Gasteiger partial charge in [-0.15, -0.1) is 0 Å². The number of hydrogen-bond acceptors (Lipinski definition) is 5. The molecule has 3 amide bonds. The van der Waals surface area contributed by atoms with Gasteiger partial charge in [-0.05, 0) is 63.6 Å². The maximum atomic E-state index is 13.9. The van der Waals surface area contributed by atoms with Crippen molar-refractivity contribution < 1.29 is 24.2 Å². The molecule has 1 aromatic rings. The van der Waals surface area contributed by atoms with Gasteiger partial charge >= 0.3 is 6.09 Å². The molecule has 34 heavy (non-hydrogen) atoms. The molecule has 1 saturated carbocycles. The highest BCUT2D eigenvalue weighted by atomic mass is 16.6. The van der Waals surface area contributed by atoms with Crippen molar-refractivity contribution >= 4 is 17.9 Å². The standard InChI is InChI=1S/C26H41N3O5/c1-7-8-9-16-27-23(31)22(18-10-14-20(30)15-11-18)29(19-12-13-19)24(32)21(17(2)3)28-25(33)34-26(4,5)6/h10-11,14-15,17,19,21-22,30H,7-9,12-13,16H2,1-6H3,(H,27,31)(H,28,33). The van der Waals surface area contributed by atoms with E-state index in [-0.39, 0.29) is 29.5 Å². The van der Waals surface area contributed by atoms with Crippen molar-refractivity contribution in [1.82, 2.24) is 15.5 Å². The molecule has 1 aromatic carbocycles. The van der Waals surface area contributed by atoms with Gasteiger partial charge in [0.25, 0.3) is 0 Å². The van der Waals surface area contributed by atoms with E-state index in [1.165, 1.54) is 12.1 Å². The topological polar surface area (TPSA) is 108 Å². The number of amides is 3. The summed E-state index contributed by atoms with van der Waals surface area (Å²) >= 11 is 0.